The first-order chi connectivity index (χ1) is 12.3. The van der Waals surface area contributed by atoms with E-state index in [0.29, 0.717) is 14.5 Å². The molecule has 1 aliphatic heterocycles. The maximum absolute atomic E-state index is 14.5. The molecule has 0 aliphatic carbocycles. The fraction of sp³-hybridized carbons (Fsp3) is 0.188. The number of methoxy groups -OCH3 is 1. The van der Waals surface area contributed by atoms with Crippen LogP contribution in [0.15, 0.2) is 40.9 Å². The number of rotatable bonds is 5. The van der Waals surface area contributed by atoms with E-state index in [2.05, 4.69) is 15.9 Å². The van der Waals surface area contributed by atoms with Gasteiger partial charge in [-0.05, 0) is 29.8 Å². The van der Waals surface area contributed by atoms with Crippen LogP contribution in [-0.4, -0.2) is 28.0 Å². The molecular weight excluding hydrogens is 431 g/mol. The molecule has 0 saturated carbocycles. The van der Waals surface area contributed by atoms with Crippen LogP contribution in [0.1, 0.15) is 5.56 Å². The fourth-order valence-electron chi connectivity index (χ4n) is 2.42. The van der Waals surface area contributed by atoms with Gasteiger partial charge in [-0.1, -0.05) is 28.1 Å². The molecule has 1 aliphatic rings. The van der Waals surface area contributed by atoms with Gasteiger partial charge in [-0.3, -0.25) is 4.79 Å². The number of hydrogen-bond donors (Lipinski definition) is 1. The van der Waals surface area contributed by atoms with E-state index in [9.17, 15) is 17.6 Å². The number of hydrogen-bond acceptors (Lipinski definition) is 5. The minimum atomic E-state index is -4.16. The molecule has 1 N–H and O–H groups in total. The average molecular weight is 445 g/mol. The lowest BCUT2D eigenvalue weighted by atomic mass is 10.2. The van der Waals surface area contributed by atoms with Gasteiger partial charge in [-0.25, -0.2) is 13.4 Å². The molecule has 3 rings (SSSR count). The summed E-state index contributed by atoms with van der Waals surface area (Å²) < 4.78 is 52.1. The molecule has 0 bridgehead atoms. The molecule has 138 valence electrons. The number of nitrogens with one attached hydrogen (secondary N) is 1. The Hall–Kier alpha value is -2.33. The lowest BCUT2D eigenvalue weighted by Gasteiger charge is -2.20. The molecule has 0 unspecified atom stereocenters. The van der Waals surface area contributed by atoms with Gasteiger partial charge in [-0.15, -0.1) is 0 Å². The van der Waals surface area contributed by atoms with Gasteiger partial charge < -0.3 is 9.47 Å². The molecule has 1 saturated heterocycles. The highest BCUT2D eigenvalue weighted by atomic mass is 79.9. The smallest absolute Gasteiger partial charge is 0.326 e. The lowest BCUT2D eigenvalue weighted by Crippen LogP contribution is -2.30. The molecule has 7 nitrogen and oxygen atoms in total. The first-order valence-electron chi connectivity index (χ1n) is 7.38. The highest BCUT2D eigenvalue weighted by Gasteiger charge is 2.37. The normalized spacial score (nSPS) is 15.7. The molecule has 1 amide bonds. The number of amides is 1. The maximum atomic E-state index is 14.5. The summed E-state index contributed by atoms with van der Waals surface area (Å²) in [6.45, 7) is -0.443. The van der Waals surface area contributed by atoms with Gasteiger partial charge in [0.1, 0.15) is 30.3 Å². The van der Waals surface area contributed by atoms with Crippen LogP contribution < -0.4 is 18.5 Å². The van der Waals surface area contributed by atoms with Gasteiger partial charge in [0.25, 0.3) is 5.91 Å². The van der Waals surface area contributed by atoms with Crippen molar-refractivity contribution in [2.24, 2.45) is 0 Å². The minimum Gasteiger partial charge on any atom is -0.497 e. The summed E-state index contributed by atoms with van der Waals surface area (Å²) in [5, 5.41) is 0. The van der Waals surface area contributed by atoms with Crippen LogP contribution in [0.4, 0.5) is 10.1 Å². The van der Waals surface area contributed by atoms with E-state index >= 15 is 0 Å². The third kappa shape index (κ3) is 3.75. The SMILES string of the molecule is COc1ccc(COc2cc(Br)cc(F)c2N2CC(=O)NS2(=O)=O)cc1. The molecule has 2 aromatic carbocycles. The molecule has 1 fully saturated rings. The second kappa shape index (κ2) is 7.12. The van der Waals surface area contributed by atoms with Gasteiger partial charge in [0.05, 0.1) is 7.11 Å². The number of halogens is 2. The molecule has 10 heteroatoms. The van der Waals surface area contributed by atoms with Crippen LogP contribution in [0.3, 0.4) is 0 Å². The second-order valence-corrected chi connectivity index (χ2v) is 7.92. The number of nitrogens with zero attached hydrogens (tertiary/aromatic N) is 1. The summed E-state index contributed by atoms with van der Waals surface area (Å²) in [4.78, 5) is 11.5. The molecule has 1 heterocycles. The molecule has 0 aromatic heterocycles. The monoisotopic (exact) mass is 444 g/mol. The largest absolute Gasteiger partial charge is 0.497 e. The predicted molar refractivity (Wildman–Crippen MR) is 95.8 cm³/mol. The Morgan fingerprint density at radius 1 is 1.27 bits per heavy atom. The zero-order valence-corrected chi connectivity index (χ0v) is 15.9. The van der Waals surface area contributed by atoms with Crippen molar-refractivity contribution < 1.29 is 27.1 Å². The van der Waals surface area contributed by atoms with Crippen molar-refractivity contribution in [3.63, 3.8) is 0 Å². The van der Waals surface area contributed by atoms with E-state index in [0.717, 1.165) is 11.6 Å². The molecule has 26 heavy (non-hydrogen) atoms. The van der Waals surface area contributed by atoms with E-state index < -0.39 is 28.5 Å². The Kier molecular flexibility index (Phi) is 5.05. The molecular formula is C16H14BrFN2O5S. The third-order valence-corrected chi connectivity index (χ3v) is 5.45. The Labute approximate surface area is 158 Å². The Morgan fingerprint density at radius 3 is 2.54 bits per heavy atom. The van der Waals surface area contributed by atoms with Gasteiger partial charge >= 0.3 is 10.2 Å². The minimum absolute atomic E-state index is 0.00670. The third-order valence-electron chi connectivity index (χ3n) is 3.62. The van der Waals surface area contributed by atoms with E-state index in [1.807, 2.05) is 4.72 Å². The van der Waals surface area contributed by atoms with Crippen molar-refractivity contribution in [3.8, 4) is 11.5 Å². The van der Waals surface area contributed by atoms with Gasteiger partial charge in [0.2, 0.25) is 0 Å². The lowest BCUT2D eigenvalue weighted by molar-refractivity contribution is -0.117. The number of anilines is 1. The van der Waals surface area contributed by atoms with Gasteiger partial charge in [0, 0.05) is 4.47 Å². The van der Waals surface area contributed by atoms with Crippen molar-refractivity contribution >= 4 is 37.7 Å². The fourth-order valence-corrected chi connectivity index (χ4v) is 4.00. The van der Waals surface area contributed by atoms with Gasteiger partial charge in [-0.2, -0.15) is 8.42 Å². The predicted octanol–water partition coefficient (Wildman–Crippen LogP) is 2.36. The first-order valence-corrected chi connectivity index (χ1v) is 9.61. The maximum Gasteiger partial charge on any atom is 0.326 e. The summed E-state index contributed by atoms with van der Waals surface area (Å²) in [5.74, 6) is -0.902. The number of benzene rings is 2. The average Bonchev–Trinajstić information content (AvgIpc) is 2.85. The summed E-state index contributed by atoms with van der Waals surface area (Å²) in [7, 11) is -2.61. The van der Waals surface area contributed by atoms with Crippen molar-refractivity contribution in [3.05, 3.63) is 52.3 Å². The van der Waals surface area contributed by atoms with Crippen LogP contribution in [-0.2, 0) is 21.6 Å². The van der Waals surface area contributed by atoms with E-state index in [-0.39, 0.29) is 18.0 Å². The highest BCUT2D eigenvalue weighted by Crippen LogP contribution is 2.37. The number of ether oxygens (including phenoxy) is 2. The number of carbonyl (C=O) groups is 1. The highest BCUT2D eigenvalue weighted by molar-refractivity contribution is 9.10. The molecule has 0 atom stereocenters. The summed E-state index contributed by atoms with van der Waals surface area (Å²) >= 11 is 3.15. The topological polar surface area (TPSA) is 84.9 Å². The van der Waals surface area contributed by atoms with E-state index in [1.165, 1.54) is 6.07 Å². The van der Waals surface area contributed by atoms with Crippen molar-refractivity contribution in [1.29, 1.82) is 0 Å². The summed E-state index contributed by atoms with van der Waals surface area (Å²) in [6.07, 6.45) is 0. The van der Waals surface area contributed by atoms with Crippen LogP contribution in [0.25, 0.3) is 0 Å². The van der Waals surface area contributed by atoms with Crippen LogP contribution in [0.2, 0.25) is 0 Å². The summed E-state index contributed by atoms with van der Waals surface area (Å²) in [6, 6.07) is 9.58. The van der Waals surface area contributed by atoms with Crippen molar-refractivity contribution in [1.82, 2.24) is 4.72 Å². The molecule has 2 aromatic rings. The van der Waals surface area contributed by atoms with Crippen LogP contribution >= 0.6 is 15.9 Å². The van der Waals surface area contributed by atoms with E-state index in [4.69, 9.17) is 9.47 Å². The van der Waals surface area contributed by atoms with Crippen LogP contribution in [0, 0.1) is 5.82 Å². The zero-order chi connectivity index (χ0) is 18.9. The van der Waals surface area contributed by atoms with Crippen LogP contribution in [0.5, 0.6) is 11.5 Å². The van der Waals surface area contributed by atoms with Gasteiger partial charge in [0.15, 0.2) is 5.82 Å². The van der Waals surface area contributed by atoms with Crippen molar-refractivity contribution in [2.75, 3.05) is 18.0 Å². The van der Waals surface area contributed by atoms with Crippen molar-refractivity contribution in [2.45, 2.75) is 6.61 Å². The first kappa shape index (κ1) is 18.5. The van der Waals surface area contributed by atoms with E-state index in [1.54, 1.807) is 31.4 Å². The standard InChI is InChI=1S/C16H14BrFN2O5S/c1-24-12-4-2-10(3-5-12)9-25-14-7-11(17)6-13(18)16(14)20-8-15(21)19-26(20,22)23/h2-7H,8-9H2,1H3,(H,19,21). The Morgan fingerprint density at radius 2 is 1.96 bits per heavy atom. The summed E-state index contributed by atoms with van der Waals surface area (Å²) in [5.41, 5.74) is 0.454. The Bertz CT molecular complexity index is 950. The number of carbonyl (C=O) groups excluding carboxylic acids is 1. The quantitative estimate of drug-likeness (QED) is 0.764. The molecule has 0 spiro atoms. The zero-order valence-electron chi connectivity index (χ0n) is 13.5. The second-order valence-electron chi connectivity index (χ2n) is 5.41. The molecule has 0 radical (unpaired) electrons. The Balaban J connectivity index is 1.92.